The van der Waals surface area contributed by atoms with E-state index in [1.165, 1.54) is 9.79 Å². The molecule has 2 nitrogen and oxygen atoms in total. The number of benzene rings is 2. The zero-order chi connectivity index (χ0) is 18.5. The zero-order valence-electron chi connectivity index (χ0n) is 15.2. The van der Waals surface area contributed by atoms with Gasteiger partial charge in [0.05, 0.1) is 5.92 Å². The average Bonchev–Trinajstić information content (AvgIpc) is 3.35. The Balaban J connectivity index is 1.37. The van der Waals surface area contributed by atoms with E-state index < -0.39 is 0 Å². The molecule has 3 atom stereocenters. The van der Waals surface area contributed by atoms with Crippen LogP contribution >= 0.6 is 23.5 Å². The molecule has 140 valence electrons. The van der Waals surface area contributed by atoms with Crippen molar-refractivity contribution in [1.29, 1.82) is 0 Å². The fourth-order valence-corrected chi connectivity index (χ4v) is 5.81. The first-order valence-corrected chi connectivity index (χ1v) is 11.5. The highest BCUT2D eigenvalue weighted by Gasteiger charge is 2.41. The largest absolute Gasteiger partial charge is 0.460 e. The number of ether oxygens (including phenoxy) is 1. The second-order valence-corrected chi connectivity index (χ2v) is 9.38. The topological polar surface area (TPSA) is 26.3 Å². The lowest BCUT2D eigenvalue weighted by molar-refractivity contribution is -0.152. The summed E-state index contributed by atoms with van der Waals surface area (Å²) in [5, 5.41) is 0. The second-order valence-electron chi connectivity index (χ2n) is 7.19. The lowest BCUT2D eigenvalue weighted by atomic mass is 9.94. The van der Waals surface area contributed by atoms with Crippen molar-refractivity contribution in [3.63, 3.8) is 0 Å². The second kappa shape index (κ2) is 9.03. The van der Waals surface area contributed by atoms with Crippen LogP contribution in [-0.2, 0) is 9.53 Å². The summed E-state index contributed by atoms with van der Waals surface area (Å²) in [6.07, 6.45) is 6.48. The first-order chi connectivity index (χ1) is 13.3. The molecule has 0 radical (unpaired) electrons. The first-order valence-electron chi connectivity index (χ1n) is 9.52. The van der Waals surface area contributed by atoms with E-state index in [0.717, 1.165) is 24.3 Å². The number of carbonyl (C=O) groups is 1. The van der Waals surface area contributed by atoms with Gasteiger partial charge in [-0.1, -0.05) is 48.6 Å². The minimum Gasteiger partial charge on any atom is -0.460 e. The van der Waals surface area contributed by atoms with E-state index in [0.29, 0.717) is 11.8 Å². The summed E-state index contributed by atoms with van der Waals surface area (Å²) in [7, 11) is 0. The molecule has 0 aromatic heterocycles. The van der Waals surface area contributed by atoms with Crippen molar-refractivity contribution in [2.75, 3.05) is 11.5 Å². The lowest BCUT2D eigenvalue weighted by Crippen LogP contribution is -2.29. The molecular formula is C23H24O2S2. The monoisotopic (exact) mass is 396 g/mol. The molecule has 1 saturated carbocycles. The summed E-state index contributed by atoms with van der Waals surface area (Å²) in [6.45, 7) is 0. The van der Waals surface area contributed by atoms with Crippen LogP contribution in [0, 0.1) is 17.8 Å². The first kappa shape index (κ1) is 18.7. The van der Waals surface area contributed by atoms with Crippen LogP contribution in [0.4, 0.5) is 0 Å². The third kappa shape index (κ3) is 4.99. The third-order valence-corrected chi connectivity index (χ3v) is 7.51. The van der Waals surface area contributed by atoms with E-state index in [1.54, 1.807) is 23.5 Å². The van der Waals surface area contributed by atoms with Gasteiger partial charge in [0, 0.05) is 21.3 Å². The van der Waals surface area contributed by atoms with Gasteiger partial charge in [-0.2, -0.15) is 0 Å². The summed E-state index contributed by atoms with van der Waals surface area (Å²) in [5.74, 6) is 2.61. The molecule has 0 aliphatic heterocycles. The Morgan fingerprint density at radius 1 is 0.889 bits per heavy atom. The highest BCUT2D eigenvalue weighted by molar-refractivity contribution is 8.00. The minimum absolute atomic E-state index is 0.000765. The van der Waals surface area contributed by atoms with E-state index in [4.69, 9.17) is 4.74 Å². The Morgan fingerprint density at radius 2 is 1.48 bits per heavy atom. The van der Waals surface area contributed by atoms with Gasteiger partial charge >= 0.3 is 5.97 Å². The Bertz CT molecular complexity index is 732. The van der Waals surface area contributed by atoms with Gasteiger partial charge < -0.3 is 4.74 Å². The molecule has 1 fully saturated rings. The van der Waals surface area contributed by atoms with Crippen LogP contribution in [0.3, 0.4) is 0 Å². The molecule has 27 heavy (non-hydrogen) atoms. The van der Waals surface area contributed by atoms with Crippen LogP contribution in [0.15, 0.2) is 82.6 Å². The van der Waals surface area contributed by atoms with Crippen LogP contribution in [0.5, 0.6) is 0 Å². The quantitative estimate of drug-likeness (QED) is 0.325. The zero-order valence-corrected chi connectivity index (χ0v) is 16.8. The molecule has 2 aromatic rings. The Morgan fingerprint density at radius 3 is 1.96 bits per heavy atom. The predicted molar refractivity (Wildman–Crippen MR) is 113 cm³/mol. The number of hydrogen-bond acceptors (Lipinski definition) is 4. The molecule has 2 aliphatic rings. The van der Waals surface area contributed by atoms with Crippen LogP contribution in [0.25, 0.3) is 0 Å². The van der Waals surface area contributed by atoms with Crippen molar-refractivity contribution >= 4 is 29.5 Å². The van der Waals surface area contributed by atoms with Crippen molar-refractivity contribution in [1.82, 2.24) is 0 Å². The molecule has 4 heteroatoms. The molecule has 0 saturated heterocycles. The standard InChI is InChI=1S/C23H24O2S2/c24-23(22-14-17-11-12-18(22)13-17)25-19(15-26-20-7-3-1-4-8-20)16-27-21-9-5-2-6-10-21/h1-12,17-19,22H,13-16H2. The maximum absolute atomic E-state index is 12.8. The summed E-state index contributed by atoms with van der Waals surface area (Å²) in [6, 6.07) is 20.7. The van der Waals surface area contributed by atoms with Gasteiger partial charge in [0.1, 0.15) is 6.10 Å². The van der Waals surface area contributed by atoms with Gasteiger partial charge in [0.15, 0.2) is 0 Å². The number of fused-ring (bicyclic) bond motifs is 2. The van der Waals surface area contributed by atoms with E-state index in [1.807, 2.05) is 36.4 Å². The molecule has 4 rings (SSSR count). The summed E-state index contributed by atoms with van der Waals surface area (Å²) in [4.78, 5) is 15.2. The molecule has 0 heterocycles. The van der Waals surface area contributed by atoms with Gasteiger partial charge in [-0.05, 0) is 48.9 Å². The van der Waals surface area contributed by atoms with E-state index in [-0.39, 0.29) is 18.0 Å². The van der Waals surface area contributed by atoms with E-state index >= 15 is 0 Å². The van der Waals surface area contributed by atoms with Gasteiger partial charge in [-0.3, -0.25) is 4.79 Å². The minimum atomic E-state index is -0.0870. The molecule has 2 aliphatic carbocycles. The fourth-order valence-electron chi connectivity index (χ4n) is 3.83. The molecule has 0 amide bonds. The van der Waals surface area contributed by atoms with Gasteiger partial charge in [0.2, 0.25) is 0 Å². The van der Waals surface area contributed by atoms with Crippen molar-refractivity contribution in [2.24, 2.45) is 17.8 Å². The number of allylic oxidation sites excluding steroid dienone is 2. The van der Waals surface area contributed by atoms with Crippen LogP contribution in [-0.4, -0.2) is 23.6 Å². The lowest BCUT2D eigenvalue weighted by Gasteiger charge is -2.22. The van der Waals surface area contributed by atoms with E-state index in [2.05, 4.69) is 36.4 Å². The highest BCUT2D eigenvalue weighted by Crippen LogP contribution is 2.44. The van der Waals surface area contributed by atoms with Crippen LogP contribution < -0.4 is 0 Å². The van der Waals surface area contributed by atoms with Crippen molar-refractivity contribution in [3.8, 4) is 0 Å². The molecule has 2 aromatic carbocycles. The molecule has 0 spiro atoms. The number of rotatable bonds is 8. The van der Waals surface area contributed by atoms with E-state index in [9.17, 15) is 4.79 Å². The normalized spacial score (nSPS) is 23.1. The molecule has 3 unspecified atom stereocenters. The van der Waals surface area contributed by atoms with Crippen LogP contribution in [0.1, 0.15) is 12.8 Å². The summed E-state index contributed by atoms with van der Waals surface area (Å²) in [5.41, 5.74) is 0. The summed E-state index contributed by atoms with van der Waals surface area (Å²) >= 11 is 3.52. The number of thioether (sulfide) groups is 2. The van der Waals surface area contributed by atoms with Gasteiger partial charge in [0.25, 0.3) is 0 Å². The van der Waals surface area contributed by atoms with Crippen molar-refractivity contribution in [2.45, 2.75) is 28.7 Å². The SMILES string of the molecule is O=C(OC(CSc1ccccc1)CSc1ccccc1)C1CC2C=CC1C2. The Hall–Kier alpha value is -1.65. The van der Waals surface area contributed by atoms with Crippen LogP contribution in [0.2, 0.25) is 0 Å². The fraction of sp³-hybridized carbons (Fsp3) is 0.348. The van der Waals surface area contributed by atoms with Gasteiger partial charge in [-0.15, -0.1) is 23.5 Å². The molecule has 0 N–H and O–H groups in total. The maximum Gasteiger partial charge on any atom is 0.309 e. The number of esters is 1. The Labute approximate surface area is 169 Å². The Kier molecular flexibility index (Phi) is 6.25. The number of carbonyl (C=O) groups excluding carboxylic acids is 1. The van der Waals surface area contributed by atoms with Crippen molar-refractivity contribution in [3.05, 3.63) is 72.8 Å². The molecule has 2 bridgehead atoms. The van der Waals surface area contributed by atoms with Gasteiger partial charge in [-0.25, -0.2) is 0 Å². The third-order valence-electron chi connectivity index (χ3n) is 5.22. The maximum atomic E-state index is 12.8. The average molecular weight is 397 g/mol. The highest BCUT2D eigenvalue weighted by atomic mass is 32.2. The summed E-state index contributed by atoms with van der Waals surface area (Å²) < 4.78 is 6.02. The van der Waals surface area contributed by atoms with Crippen molar-refractivity contribution < 1.29 is 9.53 Å². The smallest absolute Gasteiger partial charge is 0.309 e. The predicted octanol–water partition coefficient (Wildman–Crippen LogP) is 5.70. The number of hydrogen-bond donors (Lipinski definition) is 0. The molecular weight excluding hydrogens is 372 g/mol.